The Balaban J connectivity index is 0.00000261. The lowest BCUT2D eigenvalue weighted by atomic mass is 10.1. The maximum absolute atomic E-state index is 5.90. The van der Waals surface area contributed by atoms with Crippen LogP contribution in [0.3, 0.4) is 0 Å². The molecule has 2 aliphatic rings. The van der Waals surface area contributed by atoms with Gasteiger partial charge in [-0.15, -0.1) is 24.0 Å². The van der Waals surface area contributed by atoms with Gasteiger partial charge in [-0.25, -0.2) is 9.67 Å². The summed E-state index contributed by atoms with van der Waals surface area (Å²) >= 11 is 0. The number of ether oxygens (including phenoxy) is 2. The van der Waals surface area contributed by atoms with Gasteiger partial charge in [0.05, 0.1) is 12.6 Å². The molecule has 1 aliphatic carbocycles. The normalized spacial score (nSPS) is 20.2. The van der Waals surface area contributed by atoms with Crippen LogP contribution in [0.15, 0.2) is 4.99 Å². The van der Waals surface area contributed by atoms with Gasteiger partial charge in [0.25, 0.3) is 0 Å². The summed E-state index contributed by atoms with van der Waals surface area (Å²) in [5.74, 6) is 2.64. The molecular formula is C18H33IN6O2. The molecule has 1 fully saturated rings. The zero-order valence-electron chi connectivity index (χ0n) is 16.4. The molecule has 2 heterocycles. The first-order valence-electron chi connectivity index (χ1n) is 9.79. The van der Waals surface area contributed by atoms with Crippen LogP contribution < -0.4 is 10.6 Å². The molecule has 2 N–H and O–H groups in total. The minimum Gasteiger partial charge on any atom is -0.378 e. The van der Waals surface area contributed by atoms with Crippen LogP contribution in [0.1, 0.15) is 50.2 Å². The summed E-state index contributed by atoms with van der Waals surface area (Å²) in [5, 5.41) is 11.4. The number of aromatic nitrogens is 3. The van der Waals surface area contributed by atoms with Crippen LogP contribution in [0.5, 0.6) is 0 Å². The maximum atomic E-state index is 5.90. The van der Waals surface area contributed by atoms with Crippen LogP contribution in [0.25, 0.3) is 0 Å². The molecule has 8 nitrogen and oxygen atoms in total. The Morgan fingerprint density at radius 2 is 2.11 bits per heavy atom. The predicted molar refractivity (Wildman–Crippen MR) is 116 cm³/mol. The van der Waals surface area contributed by atoms with Gasteiger partial charge >= 0.3 is 0 Å². The number of guanidine groups is 1. The molecule has 9 heteroatoms. The lowest BCUT2D eigenvalue weighted by Gasteiger charge is -2.25. The van der Waals surface area contributed by atoms with E-state index in [1.807, 2.05) is 11.7 Å². The number of rotatable bonds is 8. The average molecular weight is 492 g/mol. The van der Waals surface area contributed by atoms with Crippen LogP contribution in [-0.4, -0.2) is 60.2 Å². The Morgan fingerprint density at radius 1 is 1.30 bits per heavy atom. The van der Waals surface area contributed by atoms with E-state index in [0.29, 0.717) is 18.8 Å². The van der Waals surface area contributed by atoms with E-state index < -0.39 is 0 Å². The van der Waals surface area contributed by atoms with Crippen molar-refractivity contribution in [1.29, 1.82) is 0 Å². The van der Waals surface area contributed by atoms with E-state index in [4.69, 9.17) is 9.47 Å². The number of hydrogen-bond acceptors (Lipinski definition) is 5. The number of hydrogen-bond donors (Lipinski definition) is 2. The molecule has 0 radical (unpaired) electrons. The molecule has 0 amide bonds. The van der Waals surface area contributed by atoms with Gasteiger partial charge in [-0.2, -0.15) is 5.10 Å². The third-order valence-corrected chi connectivity index (χ3v) is 5.01. The van der Waals surface area contributed by atoms with Gasteiger partial charge < -0.3 is 20.1 Å². The number of nitrogens with one attached hydrogen (secondary N) is 2. The highest BCUT2D eigenvalue weighted by Crippen LogP contribution is 2.20. The van der Waals surface area contributed by atoms with Crippen LogP contribution in [0.4, 0.5) is 0 Å². The smallest absolute Gasteiger partial charge is 0.191 e. The van der Waals surface area contributed by atoms with E-state index in [9.17, 15) is 0 Å². The minimum absolute atomic E-state index is 0. The van der Waals surface area contributed by atoms with E-state index in [1.54, 1.807) is 7.11 Å². The molecule has 1 aromatic rings. The van der Waals surface area contributed by atoms with Crippen molar-refractivity contribution in [2.75, 3.05) is 27.3 Å². The molecule has 0 bridgehead atoms. The molecule has 154 valence electrons. The summed E-state index contributed by atoms with van der Waals surface area (Å²) in [6, 6.07) is 0.306. The minimum atomic E-state index is 0. The summed E-state index contributed by atoms with van der Waals surface area (Å²) < 4.78 is 13.0. The van der Waals surface area contributed by atoms with Crippen molar-refractivity contribution in [3.63, 3.8) is 0 Å². The summed E-state index contributed by atoms with van der Waals surface area (Å²) in [6.45, 7) is 2.95. The van der Waals surface area contributed by atoms with E-state index >= 15 is 0 Å². The fourth-order valence-corrected chi connectivity index (χ4v) is 3.64. The van der Waals surface area contributed by atoms with Gasteiger partial charge in [0.2, 0.25) is 0 Å². The fourth-order valence-electron chi connectivity index (χ4n) is 3.64. The summed E-state index contributed by atoms with van der Waals surface area (Å²) in [6.07, 6.45) is 8.54. The van der Waals surface area contributed by atoms with Gasteiger partial charge in [-0.3, -0.25) is 4.99 Å². The molecule has 1 atom stereocenters. The molecule has 1 saturated carbocycles. The topological polar surface area (TPSA) is 85.6 Å². The first kappa shape index (κ1) is 22.4. The van der Waals surface area contributed by atoms with Crippen molar-refractivity contribution in [3.05, 3.63) is 11.6 Å². The number of nitrogens with zero attached hydrogens (tertiary/aromatic N) is 4. The average Bonchev–Trinajstić information content (AvgIpc) is 3.29. The predicted octanol–water partition coefficient (Wildman–Crippen LogP) is 1.87. The number of aryl methyl sites for hydroxylation is 1. The highest BCUT2D eigenvalue weighted by molar-refractivity contribution is 14.0. The first-order valence-corrected chi connectivity index (χ1v) is 9.79. The molecule has 1 unspecified atom stereocenters. The van der Waals surface area contributed by atoms with Crippen molar-refractivity contribution in [2.45, 2.75) is 70.2 Å². The van der Waals surface area contributed by atoms with Crippen molar-refractivity contribution in [3.8, 4) is 0 Å². The number of fused-ring (bicyclic) bond motifs is 1. The van der Waals surface area contributed by atoms with Crippen molar-refractivity contribution < 1.29 is 9.47 Å². The van der Waals surface area contributed by atoms with Crippen LogP contribution in [0.2, 0.25) is 0 Å². The highest BCUT2D eigenvalue weighted by Gasteiger charge is 2.22. The monoisotopic (exact) mass is 492 g/mol. The Hall–Kier alpha value is -0.940. The first-order chi connectivity index (χ1) is 12.8. The van der Waals surface area contributed by atoms with E-state index in [0.717, 1.165) is 56.6 Å². The lowest BCUT2D eigenvalue weighted by molar-refractivity contribution is 0.0574. The van der Waals surface area contributed by atoms with Gasteiger partial charge in [-0.1, -0.05) is 12.8 Å². The summed E-state index contributed by atoms with van der Waals surface area (Å²) in [7, 11) is 3.48. The molecule has 1 aliphatic heterocycles. The molecule has 0 saturated heterocycles. The number of methoxy groups -OCH3 is 1. The van der Waals surface area contributed by atoms with Crippen molar-refractivity contribution >= 4 is 29.9 Å². The third-order valence-electron chi connectivity index (χ3n) is 5.01. The SMILES string of the molecule is CN=C(NCCCOC1CCCC1)NC1CCc2nc(COC)nn2C1.I. The van der Waals surface area contributed by atoms with Gasteiger partial charge in [0.15, 0.2) is 11.8 Å². The zero-order chi connectivity index (χ0) is 18.2. The van der Waals surface area contributed by atoms with E-state index in [-0.39, 0.29) is 24.0 Å². The number of aliphatic imine (C=N–C) groups is 1. The molecule has 0 spiro atoms. The summed E-state index contributed by atoms with van der Waals surface area (Å²) in [4.78, 5) is 8.85. The van der Waals surface area contributed by atoms with Crippen LogP contribution in [-0.2, 0) is 29.0 Å². The Labute approximate surface area is 178 Å². The molecular weight excluding hydrogens is 459 g/mol. The standard InChI is InChI=1S/C18H32N6O2.HI/c1-19-18(20-10-5-11-26-15-6-3-4-7-15)21-14-8-9-17-22-16(13-25-2)23-24(17)12-14;/h14-15H,3-13H2,1-2H3,(H2,19,20,21);1H. The second-order valence-electron chi connectivity index (χ2n) is 7.07. The third kappa shape index (κ3) is 6.86. The van der Waals surface area contributed by atoms with Crippen molar-refractivity contribution in [2.24, 2.45) is 4.99 Å². The van der Waals surface area contributed by atoms with Crippen LogP contribution in [0, 0.1) is 0 Å². The maximum Gasteiger partial charge on any atom is 0.191 e. The molecule has 0 aromatic carbocycles. The molecule has 3 rings (SSSR count). The Kier molecular flexibility index (Phi) is 9.77. The fraction of sp³-hybridized carbons (Fsp3) is 0.833. The largest absolute Gasteiger partial charge is 0.378 e. The van der Waals surface area contributed by atoms with Gasteiger partial charge in [-0.05, 0) is 25.7 Å². The number of halogens is 1. The van der Waals surface area contributed by atoms with Crippen LogP contribution >= 0.6 is 24.0 Å². The lowest BCUT2D eigenvalue weighted by Crippen LogP contribution is -2.47. The van der Waals surface area contributed by atoms with E-state index in [2.05, 4.69) is 25.7 Å². The van der Waals surface area contributed by atoms with Gasteiger partial charge in [0.1, 0.15) is 12.4 Å². The molecule has 1 aromatic heterocycles. The quantitative estimate of drug-likeness (QED) is 0.250. The Bertz CT molecular complexity index is 588. The zero-order valence-corrected chi connectivity index (χ0v) is 18.8. The van der Waals surface area contributed by atoms with Gasteiger partial charge in [0, 0.05) is 39.8 Å². The van der Waals surface area contributed by atoms with Crippen molar-refractivity contribution in [1.82, 2.24) is 25.4 Å². The highest BCUT2D eigenvalue weighted by atomic mass is 127. The van der Waals surface area contributed by atoms with E-state index in [1.165, 1.54) is 25.7 Å². The molecule has 27 heavy (non-hydrogen) atoms. The second-order valence-corrected chi connectivity index (χ2v) is 7.07. The second kappa shape index (κ2) is 11.8. The summed E-state index contributed by atoms with van der Waals surface area (Å²) in [5.41, 5.74) is 0. The Morgan fingerprint density at radius 3 is 2.85 bits per heavy atom.